The van der Waals surface area contributed by atoms with Gasteiger partial charge in [-0.15, -0.1) is 0 Å². The molecule has 0 aromatic rings. The first kappa shape index (κ1) is 27.9. The third-order valence-corrected chi connectivity index (χ3v) is 8.13. The Balaban J connectivity index is 2.33. The van der Waals surface area contributed by atoms with Gasteiger partial charge in [0.05, 0.1) is 11.3 Å². The van der Waals surface area contributed by atoms with Gasteiger partial charge in [-0.3, -0.25) is 19.2 Å². The van der Waals surface area contributed by atoms with Crippen molar-refractivity contribution in [3.8, 4) is 0 Å². The summed E-state index contributed by atoms with van der Waals surface area (Å²) in [4.78, 5) is 49.9. The highest BCUT2D eigenvalue weighted by Crippen LogP contribution is 2.56. The van der Waals surface area contributed by atoms with Crippen LogP contribution < -0.4 is 0 Å². The van der Waals surface area contributed by atoms with Crippen LogP contribution in [0.4, 0.5) is 0 Å². The molecule has 0 amide bonds. The van der Waals surface area contributed by atoms with Gasteiger partial charge < -0.3 is 24.1 Å². The van der Waals surface area contributed by atoms with Crippen LogP contribution in [-0.2, 0) is 38.1 Å². The lowest BCUT2D eigenvalue weighted by atomic mass is 9.55. The van der Waals surface area contributed by atoms with E-state index < -0.39 is 71.1 Å². The lowest BCUT2D eigenvalue weighted by Crippen LogP contribution is -2.65. The molecule has 0 aromatic carbocycles. The summed E-state index contributed by atoms with van der Waals surface area (Å²) in [6.45, 7) is 13.7. The smallest absolute Gasteiger partial charge is 0.312 e. The summed E-state index contributed by atoms with van der Waals surface area (Å²) in [5, 5.41) is 12.2. The zero-order valence-electron chi connectivity index (χ0n) is 22.0. The standard InChI is InChI=1S/C27H38O9/c1-8-22(30)35-20-11-9-14(2)13-21-27(32,16(4)25(31)36-21)24(34-18(6)29)23-15(3)10-12-19(26(20,23)7)33-17(5)28/h13,16,19-21,23-24,32H,3,8-12H2,1-2,4-7H3/b14-13-/t16-,19-,20-,21-,23+,24?,26+,27-/m1/s1. The SMILES string of the molecule is C=C1CC[C@@H](OC(C)=O)[C@@]2(C)[C@H](OC(=O)CC)CC/C(C)=C\[C@H]3OC(=O)[C@@H](C)[C@]3(O)C(OC(C)=O)[C@H]12. The third kappa shape index (κ3) is 4.82. The van der Waals surface area contributed by atoms with Crippen molar-refractivity contribution in [3.63, 3.8) is 0 Å². The largest absolute Gasteiger partial charge is 0.462 e. The predicted octanol–water partition coefficient (Wildman–Crippen LogP) is 3.18. The van der Waals surface area contributed by atoms with Crippen molar-refractivity contribution in [2.75, 3.05) is 0 Å². The minimum atomic E-state index is -1.94. The highest BCUT2D eigenvalue weighted by atomic mass is 16.6. The summed E-state index contributed by atoms with van der Waals surface area (Å²) in [5.74, 6) is -4.05. The van der Waals surface area contributed by atoms with Crippen LogP contribution in [0.5, 0.6) is 0 Å². The maximum Gasteiger partial charge on any atom is 0.312 e. The van der Waals surface area contributed by atoms with Crippen LogP contribution in [-0.4, -0.2) is 59.0 Å². The summed E-state index contributed by atoms with van der Waals surface area (Å²) in [6, 6.07) is 0. The van der Waals surface area contributed by atoms with E-state index in [2.05, 4.69) is 6.58 Å². The molecule has 1 aliphatic heterocycles. The molecule has 36 heavy (non-hydrogen) atoms. The average Bonchev–Trinajstić information content (AvgIpc) is 3.00. The summed E-state index contributed by atoms with van der Waals surface area (Å²) < 4.78 is 23.2. The van der Waals surface area contributed by atoms with Crippen molar-refractivity contribution in [3.05, 3.63) is 23.8 Å². The molecule has 0 bridgehead atoms. The number of rotatable bonds is 4. The Morgan fingerprint density at radius 1 is 1.11 bits per heavy atom. The number of carbonyl (C=O) groups is 4. The second-order valence-electron chi connectivity index (χ2n) is 10.5. The van der Waals surface area contributed by atoms with Gasteiger partial charge in [0, 0.05) is 26.2 Å². The van der Waals surface area contributed by atoms with Crippen LogP contribution in [0.3, 0.4) is 0 Å². The fourth-order valence-electron chi connectivity index (χ4n) is 6.14. The number of ether oxygens (including phenoxy) is 4. The second kappa shape index (κ2) is 10.4. The molecule has 9 heteroatoms. The van der Waals surface area contributed by atoms with Gasteiger partial charge in [-0.05, 0) is 45.6 Å². The molecule has 3 aliphatic rings. The van der Waals surface area contributed by atoms with Gasteiger partial charge in [0.25, 0.3) is 0 Å². The maximum absolute atomic E-state index is 12.7. The molecular formula is C27H38O9. The topological polar surface area (TPSA) is 125 Å². The van der Waals surface area contributed by atoms with Gasteiger partial charge in [-0.25, -0.2) is 0 Å². The Bertz CT molecular complexity index is 968. The zero-order chi connectivity index (χ0) is 27.0. The Kier molecular flexibility index (Phi) is 8.03. The number of allylic oxidation sites excluding steroid dienone is 1. The van der Waals surface area contributed by atoms with Crippen LogP contribution in [0.15, 0.2) is 23.8 Å². The number of esters is 4. The van der Waals surface area contributed by atoms with Crippen LogP contribution in [0.1, 0.15) is 73.6 Å². The van der Waals surface area contributed by atoms with Crippen LogP contribution in [0.2, 0.25) is 0 Å². The summed E-state index contributed by atoms with van der Waals surface area (Å²) in [7, 11) is 0. The molecule has 1 heterocycles. The van der Waals surface area contributed by atoms with Crippen molar-refractivity contribution in [2.45, 2.75) is 104 Å². The zero-order valence-corrected chi connectivity index (χ0v) is 22.0. The molecule has 2 fully saturated rings. The number of fused-ring (bicyclic) bond motifs is 2. The number of carbonyl (C=O) groups excluding carboxylic acids is 4. The fraction of sp³-hybridized carbons (Fsp3) is 0.704. The normalized spacial score (nSPS) is 40.0. The molecule has 8 atom stereocenters. The van der Waals surface area contributed by atoms with Gasteiger partial charge in [0.2, 0.25) is 0 Å². The highest BCUT2D eigenvalue weighted by molar-refractivity contribution is 5.78. The van der Waals surface area contributed by atoms with Gasteiger partial charge in [-0.1, -0.05) is 31.6 Å². The molecule has 0 radical (unpaired) electrons. The van der Waals surface area contributed by atoms with Crippen LogP contribution >= 0.6 is 0 Å². The predicted molar refractivity (Wildman–Crippen MR) is 128 cm³/mol. The number of hydrogen-bond acceptors (Lipinski definition) is 9. The van der Waals surface area contributed by atoms with Crippen LogP contribution in [0.25, 0.3) is 0 Å². The van der Waals surface area contributed by atoms with Crippen LogP contribution in [0, 0.1) is 17.3 Å². The monoisotopic (exact) mass is 506 g/mol. The molecule has 3 rings (SSSR count). The first-order valence-corrected chi connectivity index (χ1v) is 12.6. The Morgan fingerprint density at radius 2 is 1.69 bits per heavy atom. The quantitative estimate of drug-likeness (QED) is 0.348. The maximum atomic E-state index is 12.7. The van der Waals surface area contributed by atoms with Gasteiger partial charge in [0.1, 0.15) is 18.3 Å². The van der Waals surface area contributed by atoms with E-state index in [-0.39, 0.29) is 6.42 Å². The lowest BCUT2D eigenvalue weighted by molar-refractivity contribution is -0.220. The average molecular weight is 507 g/mol. The Hall–Kier alpha value is -2.68. The van der Waals surface area contributed by atoms with E-state index in [0.29, 0.717) is 31.3 Å². The molecule has 0 spiro atoms. The van der Waals surface area contributed by atoms with Crippen molar-refractivity contribution >= 4 is 23.9 Å². The van der Waals surface area contributed by atoms with Gasteiger partial charge in [-0.2, -0.15) is 0 Å². The summed E-state index contributed by atoms with van der Waals surface area (Å²) in [6.07, 6.45) is -0.328. The van der Waals surface area contributed by atoms with Crippen molar-refractivity contribution < 1.29 is 43.2 Å². The van der Waals surface area contributed by atoms with Crippen molar-refractivity contribution in [1.82, 2.24) is 0 Å². The molecule has 2 aliphatic carbocycles. The Morgan fingerprint density at radius 3 is 2.28 bits per heavy atom. The van der Waals surface area contributed by atoms with E-state index in [1.807, 2.05) is 13.8 Å². The van der Waals surface area contributed by atoms with Gasteiger partial charge >= 0.3 is 23.9 Å². The minimum Gasteiger partial charge on any atom is -0.462 e. The molecule has 0 aromatic heterocycles. The first-order chi connectivity index (χ1) is 16.8. The summed E-state index contributed by atoms with van der Waals surface area (Å²) >= 11 is 0. The van der Waals surface area contributed by atoms with E-state index in [4.69, 9.17) is 18.9 Å². The number of hydrogen-bond donors (Lipinski definition) is 1. The second-order valence-corrected chi connectivity index (χ2v) is 10.5. The number of aliphatic hydroxyl groups is 1. The molecule has 1 saturated heterocycles. The molecule has 1 saturated carbocycles. The van der Waals surface area contributed by atoms with E-state index in [1.165, 1.54) is 20.8 Å². The van der Waals surface area contributed by atoms with E-state index >= 15 is 0 Å². The van der Waals surface area contributed by atoms with E-state index in [9.17, 15) is 24.3 Å². The van der Waals surface area contributed by atoms with Gasteiger partial charge in [0.15, 0.2) is 11.7 Å². The van der Waals surface area contributed by atoms with Crippen molar-refractivity contribution in [2.24, 2.45) is 17.3 Å². The molecule has 200 valence electrons. The van der Waals surface area contributed by atoms with E-state index in [1.54, 1.807) is 13.0 Å². The summed E-state index contributed by atoms with van der Waals surface area (Å²) in [5.41, 5.74) is -1.62. The Labute approximate surface area is 212 Å². The van der Waals surface area contributed by atoms with Crippen molar-refractivity contribution in [1.29, 1.82) is 0 Å². The highest BCUT2D eigenvalue weighted by Gasteiger charge is 2.67. The first-order valence-electron chi connectivity index (χ1n) is 12.6. The minimum absolute atomic E-state index is 0.143. The molecule has 1 unspecified atom stereocenters. The third-order valence-electron chi connectivity index (χ3n) is 8.13. The lowest BCUT2D eigenvalue weighted by Gasteiger charge is -2.55. The molecule has 1 N–H and O–H groups in total. The fourth-order valence-corrected chi connectivity index (χ4v) is 6.14. The molecular weight excluding hydrogens is 468 g/mol. The molecule has 9 nitrogen and oxygen atoms in total. The van der Waals surface area contributed by atoms with E-state index in [0.717, 1.165) is 5.57 Å².